The molecule has 0 spiro atoms. The van der Waals surface area contributed by atoms with Crippen molar-refractivity contribution in [3.63, 3.8) is 0 Å². The molecule has 3 rings (SSSR count). The Morgan fingerprint density at radius 2 is 2.00 bits per heavy atom. The Bertz CT molecular complexity index is 623. The van der Waals surface area contributed by atoms with E-state index in [-0.39, 0.29) is 19.0 Å². The van der Waals surface area contributed by atoms with Crippen LogP contribution in [0, 0.1) is 5.92 Å². The Hall–Kier alpha value is -1.38. The highest BCUT2D eigenvalue weighted by molar-refractivity contribution is 7.89. The number of carboxylic acid groups (broad SMARTS) is 1. The van der Waals surface area contributed by atoms with Gasteiger partial charge in [0.05, 0.1) is 5.60 Å². The fourth-order valence-electron chi connectivity index (χ4n) is 2.31. The second-order valence-electron chi connectivity index (χ2n) is 5.07. The molecule has 0 amide bonds. The fourth-order valence-corrected chi connectivity index (χ4v) is 3.79. The van der Waals surface area contributed by atoms with Gasteiger partial charge in [-0.15, -0.1) is 0 Å². The van der Waals surface area contributed by atoms with Crippen molar-refractivity contribution in [2.24, 2.45) is 5.92 Å². The molecule has 0 radical (unpaired) electrons. The van der Waals surface area contributed by atoms with Crippen LogP contribution in [0.1, 0.15) is 23.4 Å². The zero-order valence-electron chi connectivity index (χ0n) is 9.94. The van der Waals surface area contributed by atoms with E-state index in [4.69, 9.17) is 9.52 Å². The monoisotopic (exact) mass is 287 g/mol. The largest absolute Gasteiger partial charge is 0.475 e. The summed E-state index contributed by atoms with van der Waals surface area (Å²) in [6.07, 6.45) is 1.85. The summed E-state index contributed by atoms with van der Waals surface area (Å²) in [5.41, 5.74) is -0.921. The standard InChI is InChI=1S/C11H13NO6S/c13-10(14)8-3-4-9(18-8)19(16,17)12-5-11(15,6-12)7-1-2-7/h3-4,7,15H,1-2,5-6H2,(H,13,14). The Labute approximate surface area is 109 Å². The first kappa shape index (κ1) is 12.6. The van der Waals surface area contributed by atoms with Gasteiger partial charge in [0.25, 0.3) is 10.0 Å². The summed E-state index contributed by atoms with van der Waals surface area (Å²) in [5, 5.41) is 18.4. The number of carboxylic acids is 1. The van der Waals surface area contributed by atoms with E-state index in [2.05, 4.69) is 0 Å². The average Bonchev–Trinajstić information content (AvgIpc) is 3.01. The average molecular weight is 287 g/mol. The summed E-state index contributed by atoms with van der Waals surface area (Å²) >= 11 is 0. The third-order valence-electron chi connectivity index (χ3n) is 3.62. The lowest BCUT2D eigenvalue weighted by Gasteiger charge is -2.45. The molecule has 2 N–H and O–H groups in total. The maximum atomic E-state index is 12.1. The van der Waals surface area contributed by atoms with Gasteiger partial charge >= 0.3 is 5.97 Å². The van der Waals surface area contributed by atoms with Gasteiger partial charge in [0.1, 0.15) is 0 Å². The van der Waals surface area contributed by atoms with Crippen molar-refractivity contribution in [3.05, 3.63) is 17.9 Å². The van der Waals surface area contributed by atoms with Crippen molar-refractivity contribution in [2.45, 2.75) is 23.5 Å². The fraction of sp³-hybridized carbons (Fsp3) is 0.545. The van der Waals surface area contributed by atoms with Gasteiger partial charge in [0.2, 0.25) is 10.9 Å². The first-order chi connectivity index (χ1) is 8.83. The smallest absolute Gasteiger partial charge is 0.371 e. The minimum Gasteiger partial charge on any atom is -0.475 e. The number of furan rings is 1. The molecule has 1 aliphatic carbocycles. The molecule has 7 nitrogen and oxygen atoms in total. The molecule has 0 atom stereocenters. The van der Waals surface area contributed by atoms with Gasteiger partial charge in [-0.05, 0) is 30.9 Å². The number of carbonyl (C=O) groups is 1. The molecule has 1 aromatic rings. The van der Waals surface area contributed by atoms with Gasteiger partial charge in [-0.25, -0.2) is 13.2 Å². The predicted octanol–water partition coefficient (Wildman–Crippen LogP) is 0.123. The Kier molecular flexibility index (Phi) is 2.54. The summed E-state index contributed by atoms with van der Waals surface area (Å²) in [4.78, 5) is 10.7. The van der Waals surface area contributed by atoms with Gasteiger partial charge in [-0.2, -0.15) is 4.31 Å². The molecule has 0 unspecified atom stereocenters. The number of aliphatic hydroxyl groups is 1. The van der Waals surface area contributed by atoms with Crippen LogP contribution in [0.4, 0.5) is 0 Å². The molecule has 2 fully saturated rings. The van der Waals surface area contributed by atoms with Crippen LogP contribution < -0.4 is 0 Å². The minimum atomic E-state index is -3.85. The predicted molar refractivity (Wildman–Crippen MR) is 62.1 cm³/mol. The molecule has 1 saturated heterocycles. The molecule has 1 aromatic heterocycles. The third-order valence-corrected chi connectivity index (χ3v) is 5.29. The highest BCUT2D eigenvalue weighted by atomic mass is 32.2. The van der Waals surface area contributed by atoms with Gasteiger partial charge in [0.15, 0.2) is 0 Å². The van der Waals surface area contributed by atoms with E-state index in [1.807, 2.05) is 0 Å². The second-order valence-corrected chi connectivity index (χ2v) is 6.94. The number of aromatic carboxylic acids is 1. The number of hydrogen-bond donors (Lipinski definition) is 2. The molecule has 0 bridgehead atoms. The first-order valence-corrected chi connectivity index (χ1v) is 7.33. The summed E-state index contributed by atoms with van der Waals surface area (Å²) in [6, 6.07) is 2.22. The molecule has 1 saturated carbocycles. The number of β-amino-alcohol motifs (C(OH)–C–C–N with tert-alkyl or cyclic N) is 1. The molecule has 2 aliphatic rings. The molecule has 104 valence electrons. The van der Waals surface area contributed by atoms with Crippen molar-refractivity contribution < 1.29 is 27.8 Å². The maximum Gasteiger partial charge on any atom is 0.371 e. The quantitative estimate of drug-likeness (QED) is 0.814. The van der Waals surface area contributed by atoms with E-state index in [0.717, 1.165) is 29.3 Å². The van der Waals surface area contributed by atoms with E-state index in [1.54, 1.807) is 0 Å². The molecular formula is C11H13NO6S. The first-order valence-electron chi connectivity index (χ1n) is 5.89. The van der Waals surface area contributed by atoms with Crippen LogP contribution in [0.2, 0.25) is 0 Å². The highest BCUT2D eigenvalue weighted by Gasteiger charge is 2.55. The lowest BCUT2D eigenvalue weighted by Crippen LogP contribution is -2.64. The summed E-state index contributed by atoms with van der Waals surface area (Å²) in [5.74, 6) is -1.55. The SMILES string of the molecule is O=C(O)c1ccc(S(=O)(=O)N2CC(O)(C3CC3)C2)o1. The Balaban J connectivity index is 1.78. The summed E-state index contributed by atoms with van der Waals surface area (Å²) < 4.78 is 30.1. The molecule has 19 heavy (non-hydrogen) atoms. The van der Waals surface area contributed by atoms with Crippen LogP contribution in [-0.2, 0) is 10.0 Å². The van der Waals surface area contributed by atoms with Crippen molar-refractivity contribution in [2.75, 3.05) is 13.1 Å². The van der Waals surface area contributed by atoms with Gasteiger partial charge < -0.3 is 14.6 Å². The maximum absolute atomic E-state index is 12.1. The number of hydrogen-bond acceptors (Lipinski definition) is 5. The van der Waals surface area contributed by atoms with Crippen LogP contribution in [0.25, 0.3) is 0 Å². The van der Waals surface area contributed by atoms with E-state index in [1.165, 1.54) is 0 Å². The third kappa shape index (κ3) is 1.96. The van der Waals surface area contributed by atoms with E-state index in [0.29, 0.717) is 0 Å². The van der Waals surface area contributed by atoms with Crippen LogP contribution in [0.15, 0.2) is 21.6 Å². The van der Waals surface area contributed by atoms with E-state index < -0.39 is 32.4 Å². The lowest BCUT2D eigenvalue weighted by atomic mass is 9.91. The molecular weight excluding hydrogens is 274 g/mol. The second kappa shape index (κ2) is 3.81. The van der Waals surface area contributed by atoms with Gasteiger partial charge in [0, 0.05) is 13.1 Å². The van der Waals surface area contributed by atoms with Crippen LogP contribution in [0.5, 0.6) is 0 Å². The van der Waals surface area contributed by atoms with Gasteiger partial charge in [-0.3, -0.25) is 0 Å². The van der Waals surface area contributed by atoms with Crippen molar-refractivity contribution in [1.29, 1.82) is 0 Å². The zero-order valence-corrected chi connectivity index (χ0v) is 10.8. The molecule has 1 aliphatic heterocycles. The van der Waals surface area contributed by atoms with Crippen LogP contribution in [-0.4, -0.2) is 47.6 Å². The van der Waals surface area contributed by atoms with E-state index >= 15 is 0 Å². The molecule has 8 heteroatoms. The van der Waals surface area contributed by atoms with E-state index in [9.17, 15) is 18.3 Å². The topological polar surface area (TPSA) is 108 Å². The zero-order chi connectivity index (χ0) is 13.8. The normalized spacial score (nSPS) is 23.0. The number of sulfonamides is 1. The number of rotatable bonds is 4. The lowest BCUT2D eigenvalue weighted by molar-refractivity contribution is -0.0768. The molecule has 0 aromatic carbocycles. The van der Waals surface area contributed by atoms with Crippen LogP contribution in [0.3, 0.4) is 0 Å². The Morgan fingerprint density at radius 1 is 1.37 bits per heavy atom. The summed E-state index contributed by atoms with van der Waals surface area (Å²) in [7, 11) is -3.85. The van der Waals surface area contributed by atoms with Crippen molar-refractivity contribution in [1.82, 2.24) is 4.31 Å². The molecule has 2 heterocycles. The minimum absolute atomic E-state index is 0.0447. The van der Waals surface area contributed by atoms with Crippen molar-refractivity contribution >= 4 is 16.0 Å². The highest BCUT2D eigenvalue weighted by Crippen LogP contribution is 2.45. The number of nitrogens with zero attached hydrogens (tertiary/aromatic N) is 1. The Morgan fingerprint density at radius 3 is 2.47 bits per heavy atom. The van der Waals surface area contributed by atoms with Crippen molar-refractivity contribution in [3.8, 4) is 0 Å². The van der Waals surface area contributed by atoms with Gasteiger partial charge in [-0.1, -0.05) is 0 Å². The summed E-state index contributed by atoms with van der Waals surface area (Å²) in [6.45, 7) is 0.0895. The van der Waals surface area contributed by atoms with Crippen LogP contribution >= 0.6 is 0 Å².